The molecule has 0 atom stereocenters. The summed E-state index contributed by atoms with van der Waals surface area (Å²) >= 11 is 3.24. The maximum atomic E-state index is 10.7. The molecular weight excluding hydrogens is 262 g/mol. The van der Waals surface area contributed by atoms with Crippen LogP contribution < -0.4 is 0 Å². The van der Waals surface area contributed by atoms with E-state index < -0.39 is 5.97 Å². The van der Waals surface area contributed by atoms with Crippen LogP contribution in [-0.4, -0.2) is 21.2 Å². The molecule has 0 fully saturated rings. The zero-order valence-electron chi connectivity index (χ0n) is 7.44. The lowest BCUT2D eigenvalue weighted by molar-refractivity contribution is 0.0691. The third-order valence-corrected chi connectivity index (χ3v) is 2.62. The van der Waals surface area contributed by atoms with E-state index in [-0.39, 0.29) is 11.4 Å². The minimum atomic E-state index is -1.08. The molecule has 15 heavy (non-hydrogen) atoms. The highest BCUT2D eigenvalue weighted by atomic mass is 79.9. The Kier molecular flexibility index (Phi) is 2.32. The quantitative estimate of drug-likeness (QED) is 0.833. The lowest BCUT2D eigenvalue weighted by Crippen LogP contribution is -2.00. The molecule has 0 amide bonds. The number of carboxylic acids is 1. The van der Waals surface area contributed by atoms with Crippen LogP contribution in [0.2, 0.25) is 0 Å². The number of pyridine rings is 1. The number of phenols is 1. The summed E-state index contributed by atoms with van der Waals surface area (Å²) in [5.41, 5.74) is 0.500. The summed E-state index contributed by atoms with van der Waals surface area (Å²) in [5.74, 6) is -0.959. The van der Waals surface area contributed by atoms with Gasteiger partial charge in [-0.05, 0) is 24.3 Å². The predicted molar refractivity (Wildman–Crippen MR) is 58.1 cm³/mol. The second-order valence-corrected chi connectivity index (χ2v) is 3.85. The van der Waals surface area contributed by atoms with Crippen molar-refractivity contribution in [1.82, 2.24) is 4.98 Å². The van der Waals surface area contributed by atoms with Crippen molar-refractivity contribution >= 4 is 32.8 Å². The molecule has 0 saturated heterocycles. The van der Waals surface area contributed by atoms with Gasteiger partial charge in [0, 0.05) is 9.86 Å². The number of benzene rings is 1. The third kappa shape index (κ3) is 1.78. The Bertz CT molecular complexity index is 554. The number of aromatic hydroxyl groups is 1. The largest absolute Gasteiger partial charge is 0.508 e. The van der Waals surface area contributed by atoms with Crippen LogP contribution in [0.1, 0.15) is 10.5 Å². The summed E-state index contributed by atoms with van der Waals surface area (Å²) < 4.78 is 0.598. The van der Waals surface area contributed by atoms with Crippen LogP contribution in [0.5, 0.6) is 5.75 Å². The van der Waals surface area contributed by atoms with Crippen molar-refractivity contribution in [1.29, 1.82) is 0 Å². The van der Waals surface area contributed by atoms with Gasteiger partial charge in [-0.3, -0.25) is 0 Å². The normalized spacial score (nSPS) is 10.5. The molecule has 76 valence electrons. The third-order valence-electron chi connectivity index (χ3n) is 1.96. The fourth-order valence-corrected chi connectivity index (χ4v) is 1.82. The molecule has 1 heterocycles. The number of carboxylic acid groups (broad SMARTS) is 1. The first-order chi connectivity index (χ1) is 7.08. The van der Waals surface area contributed by atoms with Crippen LogP contribution in [0.15, 0.2) is 28.7 Å². The molecule has 2 aromatic rings. The molecule has 0 saturated carbocycles. The minimum absolute atomic E-state index is 0.0277. The molecule has 5 heteroatoms. The summed E-state index contributed by atoms with van der Waals surface area (Å²) in [6.45, 7) is 0. The first kappa shape index (κ1) is 9.92. The van der Waals surface area contributed by atoms with Gasteiger partial charge in [0.25, 0.3) is 0 Å². The highest BCUT2D eigenvalue weighted by Gasteiger charge is 2.09. The Hall–Kier alpha value is -1.62. The average molecular weight is 268 g/mol. The van der Waals surface area contributed by atoms with Gasteiger partial charge < -0.3 is 10.2 Å². The van der Waals surface area contributed by atoms with Crippen molar-refractivity contribution in [2.75, 3.05) is 0 Å². The van der Waals surface area contributed by atoms with E-state index in [1.807, 2.05) is 0 Å². The SMILES string of the molecule is O=C(O)c1cc(Br)c2cc(O)ccc2n1. The predicted octanol–water partition coefficient (Wildman–Crippen LogP) is 2.40. The molecule has 0 aliphatic heterocycles. The summed E-state index contributed by atoms with van der Waals surface area (Å²) in [4.78, 5) is 14.7. The van der Waals surface area contributed by atoms with E-state index >= 15 is 0 Å². The standard InChI is InChI=1S/C10H6BrNO3/c11-7-4-9(10(14)15)12-8-2-1-5(13)3-6(7)8/h1-4,13H,(H,14,15). The summed E-state index contributed by atoms with van der Waals surface area (Å²) in [6.07, 6.45) is 0. The highest BCUT2D eigenvalue weighted by molar-refractivity contribution is 9.10. The molecular formula is C10H6BrNO3. The van der Waals surface area contributed by atoms with Crippen molar-refractivity contribution < 1.29 is 15.0 Å². The lowest BCUT2D eigenvalue weighted by atomic mass is 10.2. The number of hydrogen-bond acceptors (Lipinski definition) is 3. The number of rotatable bonds is 1. The van der Waals surface area contributed by atoms with E-state index in [1.54, 1.807) is 6.07 Å². The van der Waals surface area contributed by atoms with Crippen molar-refractivity contribution in [3.05, 3.63) is 34.4 Å². The van der Waals surface area contributed by atoms with Gasteiger partial charge in [0.2, 0.25) is 0 Å². The van der Waals surface area contributed by atoms with E-state index in [0.717, 1.165) is 0 Å². The average Bonchev–Trinajstić information content (AvgIpc) is 2.18. The zero-order chi connectivity index (χ0) is 11.0. The molecule has 2 rings (SSSR count). The molecule has 2 N–H and O–H groups in total. The summed E-state index contributed by atoms with van der Waals surface area (Å²) in [7, 11) is 0. The summed E-state index contributed by atoms with van der Waals surface area (Å²) in [5, 5.41) is 18.7. The first-order valence-electron chi connectivity index (χ1n) is 4.10. The van der Waals surface area contributed by atoms with Gasteiger partial charge in [-0.2, -0.15) is 0 Å². The van der Waals surface area contributed by atoms with Crippen LogP contribution in [0.3, 0.4) is 0 Å². The van der Waals surface area contributed by atoms with Crippen LogP contribution in [-0.2, 0) is 0 Å². The molecule has 0 aliphatic rings. The molecule has 1 aromatic carbocycles. The van der Waals surface area contributed by atoms with Crippen LogP contribution in [0, 0.1) is 0 Å². The Labute approximate surface area is 93.3 Å². The first-order valence-corrected chi connectivity index (χ1v) is 4.90. The number of hydrogen-bond donors (Lipinski definition) is 2. The number of aromatic nitrogens is 1. The van der Waals surface area contributed by atoms with Crippen LogP contribution in [0.25, 0.3) is 10.9 Å². The van der Waals surface area contributed by atoms with E-state index in [9.17, 15) is 9.90 Å². The Morgan fingerprint density at radius 1 is 1.33 bits per heavy atom. The molecule has 4 nitrogen and oxygen atoms in total. The zero-order valence-corrected chi connectivity index (χ0v) is 9.02. The van der Waals surface area contributed by atoms with Gasteiger partial charge in [0.15, 0.2) is 0 Å². The van der Waals surface area contributed by atoms with E-state index in [1.165, 1.54) is 18.2 Å². The molecule has 0 bridgehead atoms. The Morgan fingerprint density at radius 2 is 2.07 bits per heavy atom. The second-order valence-electron chi connectivity index (χ2n) is 3.00. The molecule has 0 radical (unpaired) electrons. The van der Waals surface area contributed by atoms with Gasteiger partial charge in [-0.15, -0.1) is 0 Å². The van der Waals surface area contributed by atoms with Gasteiger partial charge in [0.1, 0.15) is 11.4 Å². The molecule has 0 aliphatic carbocycles. The molecule has 1 aromatic heterocycles. The van der Waals surface area contributed by atoms with Crippen LogP contribution >= 0.6 is 15.9 Å². The van der Waals surface area contributed by atoms with Gasteiger partial charge in [-0.1, -0.05) is 15.9 Å². The van der Waals surface area contributed by atoms with E-state index in [2.05, 4.69) is 20.9 Å². The topological polar surface area (TPSA) is 70.4 Å². The fraction of sp³-hybridized carbons (Fsp3) is 0. The number of carbonyl (C=O) groups is 1. The number of nitrogens with zero attached hydrogens (tertiary/aromatic N) is 1. The second kappa shape index (κ2) is 3.51. The smallest absolute Gasteiger partial charge is 0.354 e. The van der Waals surface area contributed by atoms with Gasteiger partial charge in [0.05, 0.1) is 5.52 Å². The molecule has 0 spiro atoms. The number of aromatic carboxylic acids is 1. The maximum absolute atomic E-state index is 10.7. The summed E-state index contributed by atoms with van der Waals surface area (Å²) in [6, 6.07) is 5.97. The monoisotopic (exact) mass is 267 g/mol. The van der Waals surface area contributed by atoms with Crippen molar-refractivity contribution in [3.63, 3.8) is 0 Å². The minimum Gasteiger partial charge on any atom is -0.508 e. The number of phenolic OH excluding ortho intramolecular Hbond substituents is 1. The van der Waals surface area contributed by atoms with Crippen LogP contribution in [0.4, 0.5) is 0 Å². The maximum Gasteiger partial charge on any atom is 0.354 e. The highest BCUT2D eigenvalue weighted by Crippen LogP contribution is 2.26. The van der Waals surface area contributed by atoms with E-state index in [0.29, 0.717) is 15.4 Å². The van der Waals surface area contributed by atoms with E-state index in [4.69, 9.17) is 5.11 Å². The number of fused-ring (bicyclic) bond motifs is 1. The number of halogens is 1. The van der Waals surface area contributed by atoms with Crippen molar-refractivity contribution in [2.24, 2.45) is 0 Å². The lowest BCUT2D eigenvalue weighted by Gasteiger charge is -2.02. The Balaban J connectivity index is 2.78. The molecule has 0 unspecified atom stereocenters. The van der Waals surface area contributed by atoms with Crippen molar-refractivity contribution in [2.45, 2.75) is 0 Å². The Morgan fingerprint density at radius 3 is 2.73 bits per heavy atom. The fourth-order valence-electron chi connectivity index (χ4n) is 1.28. The van der Waals surface area contributed by atoms with Gasteiger partial charge in [-0.25, -0.2) is 9.78 Å². The van der Waals surface area contributed by atoms with Crippen molar-refractivity contribution in [3.8, 4) is 5.75 Å². The van der Waals surface area contributed by atoms with Gasteiger partial charge >= 0.3 is 5.97 Å².